The van der Waals surface area contributed by atoms with Crippen LogP contribution in [0, 0.1) is 0 Å². The van der Waals surface area contributed by atoms with Gasteiger partial charge in [0.15, 0.2) is 0 Å². The van der Waals surface area contributed by atoms with Crippen LogP contribution >= 0.6 is 23.2 Å². The van der Waals surface area contributed by atoms with Gasteiger partial charge in [0, 0.05) is 35.1 Å². The molecule has 0 unspecified atom stereocenters. The van der Waals surface area contributed by atoms with Gasteiger partial charge in [-0.2, -0.15) is 0 Å². The van der Waals surface area contributed by atoms with Gasteiger partial charge in [-0.25, -0.2) is 0 Å². The molecule has 6 heteroatoms. The first-order valence-electron chi connectivity index (χ1n) is 10.6. The van der Waals surface area contributed by atoms with Crippen LogP contribution in [0.4, 0.5) is 0 Å². The monoisotopic (exact) mass is 468 g/mol. The molecule has 1 N–H and O–H groups in total. The summed E-state index contributed by atoms with van der Waals surface area (Å²) in [6.45, 7) is 2.47. The molecule has 1 atom stereocenters. The van der Waals surface area contributed by atoms with Crippen molar-refractivity contribution in [2.75, 3.05) is 6.54 Å². The summed E-state index contributed by atoms with van der Waals surface area (Å²) >= 11 is 12.8. The highest BCUT2D eigenvalue weighted by Gasteiger charge is 2.31. The fraction of sp³-hybridized carbons (Fsp3) is 0.231. The van der Waals surface area contributed by atoms with Crippen LogP contribution in [0.3, 0.4) is 0 Å². The van der Waals surface area contributed by atoms with Crippen LogP contribution in [0.15, 0.2) is 78.9 Å². The zero-order valence-electron chi connectivity index (χ0n) is 17.9. The molecular weight excluding hydrogens is 443 g/mol. The van der Waals surface area contributed by atoms with Crippen LogP contribution in [-0.4, -0.2) is 29.3 Å². The molecule has 0 fully saturated rings. The second-order valence-corrected chi connectivity index (χ2v) is 8.30. The molecule has 0 aliphatic rings. The van der Waals surface area contributed by atoms with Crippen molar-refractivity contribution in [3.63, 3.8) is 0 Å². The average Bonchev–Trinajstić information content (AvgIpc) is 2.79. The van der Waals surface area contributed by atoms with Crippen molar-refractivity contribution >= 4 is 35.0 Å². The third kappa shape index (κ3) is 6.35. The van der Waals surface area contributed by atoms with Crippen molar-refractivity contribution in [2.45, 2.75) is 32.4 Å². The lowest BCUT2D eigenvalue weighted by Gasteiger charge is -2.32. The van der Waals surface area contributed by atoms with Crippen LogP contribution < -0.4 is 5.32 Å². The largest absolute Gasteiger partial charge is 0.355 e. The summed E-state index contributed by atoms with van der Waals surface area (Å²) in [5, 5.41) is 3.81. The Balaban J connectivity index is 1.99. The number of nitrogens with zero attached hydrogens (tertiary/aromatic N) is 1. The van der Waals surface area contributed by atoms with E-state index in [1.54, 1.807) is 23.1 Å². The van der Waals surface area contributed by atoms with Gasteiger partial charge in [-0.15, -0.1) is 0 Å². The SMILES string of the molecule is CCNC(=O)[C@H](Cc1ccccc1)N(Cc1c(Cl)cccc1Cl)C(=O)Cc1ccccc1. The number of rotatable bonds is 9. The second-order valence-electron chi connectivity index (χ2n) is 7.48. The average molecular weight is 469 g/mol. The van der Waals surface area contributed by atoms with Crippen molar-refractivity contribution in [2.24, 2.45) is 0 Å². The third-order valence-corrected chi connectivity index (χ3v) is 5.92. The molecule has 0 heterocycles. The van der Waals surface area contributed by atoms with Gasteiger partial charge in [-0.1, -0.05) is 89.9 Å². The molecule has 3 aromatic rings. The summed E-state index contributed by atoms with van der Waals surface area (Å²) in [7, 11) is 0. The molecule has 0 radical (unpaired) electrons. The molecule has 0 spiro atoms. The molecule has 166 valence electrons. The van der Waals surface area contributed by atoms with Gasteiger partial charge in [0.25, 0.3) is 0 Å². The first-order chi connectivity index (χ1) is 15.5. The van der Waals surface area contributed by atoms with E-state index >= 15 is 0 Å². The molecule has 3 aromatic carbocycles. The smallest absolute Gasteiger partial charge is 0.243 e. The summed E-state index contributed by atoms with van der Waals surface area (Å²) in [6.07, 6.45) is 0.558. The van der Waals surface area contributed by atoms with E-state index in [1.807, 2.05) is 67.6 Å². The summed E-state index contributed by atoms with van der Waals surface area (Å²) in [6, 6.07) is 23.7. The molecule has 3 rings (SSSR count). The maximum Gasteiger partial charge on any atom is 0.243 e. The Kier molecular flexibility index (Phi) is 8.72. The molecule has 4 nitrogen and oxygen atoms in total. The van der Waals surface area contributed by atoms with E-state index in [0.717, 1.165) is 11.1 Å². The van der Waals surface area contributed by atoms with Gasteiger partial charge >= 0.3 is 0 Å². The topological polar surface area (TPSA) is 49.4 Å². The van der Waals surface area contributed by atoms with E-state index in [-0.39, 0.29) is 24.8 Å². The number of hydrogen-bond donors (Lipinski definition) is 1. The van der Waals surface area contributed by atoms with E-state index in [9.17, 15) is 9.59 Å². The maximum absolute atomic E-state index is 13.5. The minimum absolute atomic E-state index is 0.138. The Morgan fingerprint density at radius 1 is 0.844 bits per heavy atom. The van der Waals surface area contributed by atoms with Crippen LogP contribution in [0.1, 0.15) is 23.6 Å². The van der Waals surface area contributed by atoms with Crippen LogP contribution in [0.25, 0.3) is 0 Å². The number of carbonyl (C=O) groups excluding carboxylic acids is 2. The molecule has 0 aromatic heterocycles. The van der Waals surface area contributed by atoms with Crippen molar-refractivity contribution in [1.82, 2.24) is 10.2 Å². The number of likely N-dealkylation sites (N-methyl/N-ethyl adjacent to an activating group) is 1. The number of benzene rings is 3. The predicted molar refractivity (Wildman–Crippen MR) is 130 cm³/mol. The zero-order chi connectivity index (χ0) is 22.9. The van der Waals surface area contributed by atoms with Crippen molar-refractivity contribution in [1.29, 1.82) is 0 Å². The Labute approximate surface area is 199 Å². The van der Waals surface area contributed by atoms with E-state index < -0.39 is 6.04 Å². The highest BCUT2D eigenvalue weighted by Crippen LogP contribution is 2.27. The zero-order valence-corrected chi connectivity index (χ0v) is 19.4. The Morgan fingerprint density at radius 3 is 1.97 bits per heavy atom. The molecule has 0 saturated carbocycles. The van der Waals surface area contributed by atoms with Gasteiger partial charge in [-0.05, 0) is 30.2 Å². The van der Waals surface area contributed by atoms with E-state index in [4.69, 9.17) is 23.2 Å². The molecule has 32 heavy (non-hydrogen) atoms. The minimum Gasteiger partial charge on any atom is -0.355 e. The Hall–Kier alpha value is -2.82. The summed E-state index contributed by atoms with van der Waals surface area (Å²) < 4.78 is 0. The predicted octanol–water partition coefficient (Wildman–Crippen LogP) is 5.31. The molecule has 0 aliphatic carbocycles. The van der Waals surface area contributed by atoms with Gasteiger partial charge < -0.3 is 10.2 Å². The molecular formula is C26H26Cl2N2O2. The van der Waals surface area contributed by atoms with Crippen molar-refractivity contribution < 1.29 is 9.59 Å². The van der Waals surface area contributed by atoms with Gasteiger partial charge in [-0.3, -0.25) is 9.59 Å². The van der Waals surface area contributed by atoms with Gasteiger partial charge in [0.2, 0.25) is 11.8 Å². The lowest BCUT2D eigenvalue weighted by molar-refractivity contribution is -0.140. The normalized spacial score (nSPS) is 11.6. The maximum atomic E-state index is 13.5. The summed E-state index contributed by atoms with van der Waals surface area (Å²) in [5.74, 6) is -0.375. The number of amides is 2. The minimum atomic E-state index is -0.707. The van der Waals surface area contributed by atoms with Gasteiger partial charge in [0.1, 0.15) is 6.04 Å². The van der Waals surface area contributed by atoms with E-state index in [0.29, 0.717) is 28.6 Å². The second kappa shape index (κ2) is 11.7. The highest BCUT2D eigenvalue weighted by molar-refractivity contribution is 6.36. The fourth-order valence-electron chi connectivity index (χ4n) is 3.57. The molecule has 0 saturated heterocycles. The van der Waals surface area contributed by atoms with Crippen LogP contribution in [0.5, 0.6) is 0 Å². The Morgan fingerprint density at radius 2 is 1.41 bits per heavy atom. The lowest BCUT2D eigenvalue weighted by atomic mass is 10.0. The standard InChI is InChI=1S/C26H26Cl2N2O2/c1-2-29-26(32)24(16-19-10-5-3-6-11-19)30(18-21-22(27)14-9-15-23(21)28)25(31)17-20-12-7-4-8-13-20/h3-15,24H,2,16-18H2,1H3,(H,29,32)/t24-/m0/s1. The Bertz CT molecular complexity index is 1020. The van der Waals surface area contributed by atoms with E-state index in [2.05, 4.69) is 5.32 Å². The number of halogens is 2. The summed E-state index contributed by atoms with van der Waals surface area (Å²) in [4.78, 5) is 28.3. The van der Waals surface area contributed by atoms with Crippen molar-refractivity contribution in [3.8, 4) is 0 Å². The molecule has 0 aliphatic heterocycles. The van der Waals surface area contributed by atoms with Crippen LogP contribution in [-0.2, 0) is 29.0 Å². The quantitative estimate of drug-likeness (QED) is 0.462. The molecule has 2 amide bonds. The first-order valence-corrected chi connectivity index (χ1v) is 11.3. The van der Waals surface area contributed by atoms with Crippen molar-refractivity contribution in [3.05, 3.63) is 106 Å². The highest BCUT2D eigenvalue weighted by atomic mass is 35.5. The fourth-order valence-corrected chi connectivity index (χ4v) is 4.09. The lowest BCUT2D eigenvalue weighted by Crippen LogP contribution is -2.51. The number of nitrogens with one attached hydrogen (secondary N) is 1. The summed E-state index contributed by atoms with van der Waals surface area (Å²) in [5.41, 5.74) is 2.47. The number of hydrogen-bond acceptors (Lipinski definition) is 2. The number of carbonyl (C=O) groups is 2. The first kappa shape index (κ1) is 23.8. The van der Waals surface area contributed by atoms with E-state index in [1.165, 1.54) is 0 Å². The van der Waals surface area contributed by atoms with Crippen LogP contribution in [0.2, 0.25) is 10.0 Å². The molecule has 0 bridgehead atoms. The van der Waals surface area contributed by atoms with Gasteiger partial charge in [0.05, 0.1) is 6.42 Å². The third-order valence-electron chi connectivity index (χ3n) is 5.21.